The third-order valence-corrected chi connectivity index (χ3v) is 24.4. The van der Waals surface area contributed by atoms with Gasteiger partial charge in [0.1, 0.15) is 33.5 Å². The first kappa shape index (κ1) is 63.4. The molecule has 0 radical (unpaired) electrons. The molecule has 0 atom stereocenters. The van der Waals surface area contributed by atoms with Crippen LogP contribution in [0.4, 0.5) is 0 Å². The quantitative estimate of drug-likeness (QED) is 0.126. The largest absolute Gasteiger partial charge is 0.455 e. The molecule has 0 saturated carbocycles. The summed E-state index contributed by atoms with van der Waals surface area (Å²) in [7, 11) is 0. The van der Waals surface area contributed by atoms with Gasteiger partial charge in [-0.15, -0.1) is 0 Å². The van der Waals surface area contributed by atoms with Gasteiger partial charge >= 0.3 is 0 Å². The van der Waals surface area contributed by atoms with E-state index in [0.29, 0.717) is 0 Å². The molecule has 0 N–H and O–H groups in total. The van der Waals surface area contributed by atoms with Gasteiger partial charge in [0.2, 0.25) is 0 Å². The van der Waals surface area contributed by atoms with Gasteiger partial charge in [0.05, 0.1) is 33.6 Å². The van der Waals surface area contributed by atoms with E-state index in [4.69, 9.17) is 28.2 Å². The molecular weight excluding hydrogens is 1400 g/mol. The van der Waals surface area contributed by atoms with E-state index in [1.165, 1.54) is 59.6 Å². The molecule has 6 nitrogen and oxygen atoms in total. The van der Waals surface area contributed by atoms with Crippen LogP contribution in [0.3, 0.4) is 0 Å². The molecule has 6 heteroatoms. The maximum atomic E-state index is 7.02. The van der Waals surface area contributed by atoms with Crippen molar-refractivity contribution < 1.29 is 13.3 Å². The Hall–Kier alpha value is -15.4. The molecular formula is C109H61N3O3. The number of para-hydroxylation sites is 5. The van der Waals surface area contributed by atoms with Gasteiger partial charge in [0.25, 0.3) is 0 Å². The Balaban J connectivity index is 0.000000129. The molecule has 0 spiro atoms. The molecule has 6 heterocycles. The summed E-state index contributed by atoms with van der Waals surface area (Å²) < 4.78 is 20.4. The zero-order chi connectivity index (χ0) is 75.1. The van der Waals surface area contributed by atoms with Crippen LogP contribution in [0.5, 0.6) is 0 Å². The van der Waals surface area contributed by atoms with Crippen molar-refractivity contribution in [3.63, 3.8) is 0 Å². The lowest BCUT2D eigenvalue weighted by molar-refractivity contribution is 0.671. The van der Waals surface area contributed by atoms with Crippen LogP contribution >= 0.6 is 0 Å². The standard InChI is InChI=1S/C56H32N2O.C53H29NO2/c1-2-16-33(17-3-1)54-46-32-45(34-18-4-5-20-36(34)51(46)42-25-10-13-27-47(42)57-54)50-37-21-6-8-23-39(37)52(40-24-9-7-22-38(40)50)55-44-31-30-41-35-19-12-15-29-49(35)59-56(41)53(44)43-26-11-14-28-48(43)58-55;1-2-14-31-29-46-42(27-30(31)13-1)49-33-16-4-3-15-32(33)28-43(53(49)56-46)47-35-18-5-7-20-37(35)48(38-21-8-6-19-36(38)47)51-41-26-25-39-34-17-10-12-24-45(34)55-52(39)50(41)40-22-9-11-23-44(40)54-51/h1-32H;1-29H. The van der Waals surface area contributed by atoms with E-state index in [1.807, 2.05) is 12.1 Å². The molecule has 0 fully saturated rings. The number of nitrogens with zero attached hydrogens (tertiary/aromatic N) is 3. The number of aromatic nitrogens is 3. The molecule has 0 bridgehead atoms. The molecule has 26 rings (SSSR count). The van der Waals surface area contributed by atoms with Gasteiger partial charge in [0, 0.05) is 109 Å². The Morgan fingerprint density at radius 2 is 0.513 bits per heavy atom. The van der Waals surface area contributed by atoms with Gasteiger partial charge in [-0.25, -0.2) is 15.0 Å². The fraction of sp³-hybridized carbons (Fsp3) is 0. The van der Waals surface area contributed by atoms with Crippen molar-refractivity contribution in [2.75, 3.05) is 0 Å². The van der Waals surface area contributed by atoms with Gasteiger partial charge < -0.3 is 13.3 Å². The van der Waals surface area contributed by atoms with E-state index in [2.05, 4.69) is 358 Å². The smallest absolute Gasteiger partial charge is 0.144 e. The molecule has 115 heavy (non-hydrogen) atoms. The topological polar surface area (TPSA) is 78.1 Å². The highest BCUT2D eigenvalue weighted by Gasteiger charge is 2.29. The Morgan fingerprint density at radius 3 is 1.02 bits per heavy atom. The molecule has 26 aromatic rings. The highest BCUT2D eigenvalue weighted by atomic mass is 16.3. The predicted octanol–water partition coefficient (Wildman–Crippen LogP) is 30.6. The second-order valence-electron chi connectivity index (χ2n) is 30.4. The summed E-state index contributed by atoms with van der Waals surface area (Å²) in [5.41, 5.74) is 19.1. The molecule has 0 aliphatic rings. The molecule has 0 aliphatic carbocycles. The van der Waals surface area contributed by atoms with Gasteiger partial charge in [-0.1, -0.05) is 303 Å². The highest BCUT2D eigenvalue weighted by Crippen LogP contribution is 2.54. The van der Waals surface area contributed by atoms with Crippen LogP contribution in [-0.2, 0) is 0 Å². The minimum absolute atomic E-state index is 0.887. The van der Waals surface area contributed by atoms with Crippen LogP contribution in [0.15, 0.2) is 383 Å². The molecule has 530 valence electrons. The van der Waals surface area contributed by atoms with E-state index in [-0.39, 0.29) is 0 Å². The zero-order valence-corrected chi connectivity index (χ0v) is 61.8. The normalized spacial score (nSPS) is 12.2. The highest BCUT2D eigenvalue weighted by molar-refractivity contribution is 6.35. The first-order valence-corrected chi connectivity index (χ1v) is 39.3. The third-order valence-electron chi connectivity index (χ3n) is 24.4. The lowest BCUT2D eigenvalue weighted by Gasteiger charge is -2.21. The van der Waals surface area contributed by atoms with Crippen LogP contribution in [0.2, 0.25) is 0 Å². The minimum Gasteiger partial charge on any atom is -0.455 e. The first-order valence-electron chi connectivity index (χ1n) is 39.3. The van der Waals surface area contributed by atoms with Crippen molar-refractivity contribution in [3.05, 3.63) is 370 Å². The second-order valence-corrected chi connectivity index (χ2v) is 30.4. The predicted molar refractivity (Wildman–Crippen MR) is 483 cm³/mol. The summed E-state index contributed by atoms with van der Waals surface area (Å²) in [6.45, 7) is 0. The van der Waals surface area contributed by atoms with Crippen molar-refractivity contribution >= 4 is 206 Å². The SMILES string of the molecule is c1ccc(-c2nc3ccccc3c3c2cc(-c2c4ccccc4c(-c4nc5ccccc5c5c4ccc4c6ccccc6oc45)c4ccccc24)c2ccccc23)cc1.c1ccc2cc3c(cc2c1)oc1c(-c2c4ccccc4c(-c4nc5ccccc5c5c4ccc4c6ccccc6oc45)c4ccccc24)cc2ccccc2c13. The molecule has 0 unspecified atom stereocenters. The number of hydrogen-bond donors (Lipinski definition) is 0. The van der Waals surface area contributed by atoms with Crippen LogP contribution in [0, 0.1) is 0 Å². The van der Waals surface area contributed by atoms with Crippen molar-refractivity contribution in [2.24, 2.45) is 0 Å². The van der Waals surface area contributed by atoms with Gasteiger partial charge in [-0.05, 0) is 153 Å². The molecule has 6 aromatic heterocycles. The van der Waals surface area contributed by atoms with E-state index in [9.17, 15) is 0 Å². The van der Waals surface area contributed by atoms with Gasteiger partial charge in [-0.3, -0.25) is 0 Å². The Kier molecular flexibility index (Phi) is 13.5. The molecule has 0 aliphatic heterocycles. The summed E-state index contributed by atoms with van der Waals surface area (Å²) in [6, 6.07) is 132. The van der Waals surface area contributed by atoms with Crippen LogP contribution in [0.25, 0.3) is 262 Å². The van der Waals surface area contributed by atoms with Crippen LogP contribution in [-0.4, -0.2) is 15.0 Å². The van der Waals surface area contributed by atoms with E-state index in [1.54, 1.807) is 0 Å². The van der Waals surface area contributed by atoms with Gasteiger partial charge in [-0.2, -0.15) is 0 Å². The fourth-order valence-corrected chi connectivity index (χ4v) is 19.5. The summed E-state index contributed by atoms with van der Waals surface area (Å²) in [6.07, 6.45) is 0. The summed E-state index contributed by atoms with van der Waals surface area (Å²) >= 11 is 0. The first-order chi connectivity index (χ1) is 57.1. The van der Waals surface area contributed by atoms with Crippen molar-refractivity contribution in [2.45, 2.75) is 0 Å². The summed E-state index contributed by atoms with van der Waals surface area (Å²) in [5.74, 6) is 0. The number of pyridine rings is 3. The maximum Gasteiger partial charge on any atom is 0.144 e. The number of fused-ring (bicyclic) bond motifs is 29. The number of hydrogen-bond acceptors (Lipinski definition) is 6. The average molecular weight is 1460 g/mol. The summed E-state index contributed by atoms with van der Waals surface area (Å²) in [5, 5.41) is 33.1. The number of rotatable bonds is 5. The second kappa shape index (κ2) is 24.6. The fourth-order valence-electron chi connectivity index (χ4n) is 19.5. The summed E-state index contributed by atoms with van der Waals surface area (Å²) in [4.78, 5) is 16.4. The minimum atomic E-state index is 0.887. The van der Waals surface area contributed by atoms with Gasteiger partial charge in [0.15, 0.2) is 0 Å². The molecule has 0 amide bonds. The van der Waals surface area contributed by atoms with E-state index in [0.717, 1.165) is 203 Å². The van der Waals surface area contributed by atoms with E-state index < -0.39 is 0 Å². The third kappa shape index (κ3) is 9.30. The molecule has 0 saturated heterocycles. The number of furan rings is 3. The van der Waals surface area contributed by atoms with Crippen molar-refractivity contribution in [3.8, 4) is 56.0 Å². The average Bonchev–Trinajstić information content (AvgIpc) is 1.61. The molecule has 20 aromatic carbocycles. The van der Waals surface area contributed by atoms with Crippen LogP contribution in [0.1, 0.15) is 0 Å². The lowest BCUT2D eigenvalue weighted by Crippen LogP contribution is -1.96. The van der Waals surface area contributed by atoms with Crippen molar-refractivity contribution in [1.29, 1.82) is 0 Å². The Bertz CT molecular complexity index is 8560. The zero-order valence-electron chi connectivity index (χ0n) is 61.8. The van der Waals surface area contributed by atoms with E-state index >= 15 is 0 Å². The Morgan fingerprint density at radius 1 is 0.165 bits per heavy atom. The number of benzene rings is 20. The van der Waals surface area contributed by atoms with Crippen LogP contribution < -0.4 is 0 Å². The Labute approximate surface area is 656 Å². The monoisotopic (exact) mass is 1460 g/mol. The maximum absolute atomic E-state index is 7.02. The lowest BCUT2D eigenvalue weighted by atomic mass is 9.83. The van der Waals surface area contributed by atoms with Crippen molar-refractivity contribution in [1.82, 2.24) is 15.0 Å².